The molecule has 0 aliphatic heterocycles. The van der Waals surface area contributed by atoms with Crippen molar-refractivity contribution in [1.82, 2.24) is 47.5 Å². The highest BCUT2D eigenvalue weighted by atomic mass is 16.4. The van der Waals surface area contributed by atoms with E-state index in [-0.39, 0.29) is 51.2 Å². The zero-order chi connectivity index (χ0) is 44.8. The lowest BCUT2D eigenvalue weighted by Crippen LogP contribution is -2.54. The predicted octanol–water partition coefficient (Wildman–Crippen LogP) is -6.50. The summed E-state index contributed by atoms with van der Waals surface area (Å²) >= 11 is 0. The van der Waals surface area contributed by atoms with Gasteiger partial charge in [-0.1, -0.05) is 18.2 Å². The molecule has 9 amide bonds. The zero-order valence-corrected chi connectivity index (χ0v) is 32.8. The summed E-state index contributed by atoms with van der Waals surface area (Å²) in [5.41, 5.74) is 22.4. The number of carbonyl (C=O) groups is 10. The quantitative estimate of drug-likeness (QED) is 0.0238. The molecule has 0 unspecified atom stereocenters. The van der Waals surface area contributed by atoms with E-state index < -0.39 is 109 Å². The molecular weight excluding hydrogens is 792 g/mol. The van der Waals surface area contributed by atoms with Gasteiger partial charge in [0.15, 0.2) is 5.96 Å². The number of rotatable bonds is 26. The normalized spacial score (nSPS) is 12.6. The maximum absolute atomic E-state index is 13.2. The van der Waals surface area contributed by atoms with Crippen molar-refractivity contribution in [2.45, 2.75) is 63.2 Å². The summed E-state index contributed by atoms with van der Waals surface area (Å²) in [7, 11) is 0. The summed E-state index contributed by atoms with van der Waals surface area (Å²) in [6.45, 7) is -1.34. The van der Waals surface area contributed by atoms with E-state index in [9.17, 15) is 53.1 Å². The molecule has 4 atom stereocenters. The summed E-state index contributed by atoms with van der Waals surface area (Å²) < 4.78 is 0. The van der Waals surface area contributed by atoms with Crippen LogP contribution in [0.15, 0.2) is 35.5 Å². The number of primary amides is 1. The summed E-state index contributed by atoms with van der Waals surface area (Å²) in [5.74, 6) is -8.68. The van der Waals surface area contributed by atoms with Crippen LogP contribution in [-0.2, 0) is 54.4 Å². The zero-order valence-electron chi connectivity index (χ0n) is 32.8. The number of carboxylic acid groups (broad SMARTS) is 1. The van der Waals surface area contributed by atoms with Gasteiger partial charge in [0, 0.05) is 36.5 Å². The van der Waals surface area contributed by atoms with Gasteiger partial charge in [-0.05, 0) is 37.8 Å². The van der Waals surface area contributed by atoms with Crippen LogP contribution < -0.4 is 65.5 Å². The fourth-order valence-electron chi connectivity index (χ4n) is 5.27. The van der Waals surface area contributed by atoms with Crippen molar-refractivity contribution in [2.24, 2.45) is 27.9 Å². The molecule has 1 aromatic carbocycles. The van der Waals surface area contributed by atoms with Crippen LogP contribution in [-0.4, -0.2) is 139 Å². The third kappa shape index (κ3) is 18.3. The molecule has 25 nitrogen and oxygen atoms in total. The lowest BCUT2D eigenvalue weighted by atomic mass is 10.0. The van der Waals surface area contributed by atoms with Gasteiger partial charge < -0.3 is 75.6 Å². The molecule has 0 fully saturated rings. The van der Waals surface area contributed by atoms with Crippen LogP contribution in [0.2, 0.25) is 0 Å². The van der Waals surface area contributed by atoms with Crippen molar-refractivity contribution in [2.75, 3.05) is 39.3 Å². The van der Waals surface area contributed by atoms with Crippen molar-refractivity contribution >= 4 is 76.0 Å². The smallest absolute Gasteiger partial charge is 0.326 e. The van der Waals surface area contributed by atoms with Gasteiger partial charge in [0.25, 0.3) is 0 Å². The highest BCUT2D eigenvalue weighted by molar-refractivity contribution is 5.96. The Morgan fingerprint density at radius 2 is 1.27 bits per heavy atom. The van der Waals surface area contributed by atoms with Crippen LogP contribution >= 0.6 is 0 Å². The molecular formula is C35H52N14O11. The first-order valence-corrected chi connectivity index (χ1v) is 18.5. The minimum Gasteiger partial charge on any atom is -0.480 e. The molecule has 1 heterocycles. The van der Waals surface area contributed by atoms with E-state index in [1.807, 2.05) is 18.2 Å². The number of amides is 9. The van der Waals surface area contributed by atoms with Crippen LogP contribution in [0.25, 0.3) is 10.9 Å². The number of aromatic amines is 1. The molecule has 0 saturated heterocycles. The van der Waals surface area contributed by atoms with Crippen molar-refractivity contribution in [1.29, 1.82) is 0 Å². The third-order valence-corrected chi connectivity index (χ3v) is 8.34. The van der Waals surface area contributed by atoms with Gasteiger partial charge in [0.2, 0.25) is 53.2 Å². The van der Waals surface area contributed by atoms with Crippen molar-refractivity contribution in [3.05, 3.63) is 36.0 Å². The van der Waals surface area contributed by atoms with Gasteiger partial charge in [0.05, 0.1) is 32.7 Å². The molecule has 328 valence electrons. The number of fused-ring (bicyclic) bond motifs is 1. The largest absolute Gasteiger partial charge is 0.480 e. The molecule has 0 saturated carbocycles. The number of para-hydroxylation sites is 1. The average Bonchev–Trinajstić information content (AvgIpc) is 3.61. The number of carbonyl (C=O) groups excluding carboxylic acids is 9. The summed E-state index contributed by atoms with van der Waals surface area (Å²) in [6, 6.07) is 2.08. The van der Waals surface area contributed by atoms with E-state index in [0.29, 0.717) is 5.56 Å². The molecule has 0 aliphatic rings. The Balaban J connectivity index is 1.87. The number of nitrogens with one attached hydrogen (secondary N) is 9. The molecule has 0 aliphatic carbocycles. The Kier molecular flexibility index (Phi) is 20.5. The Labute approximate surface area is 342 Å². The number of aromatic nitrogens is 1. The second kappa shape index (κ2) is 25.1. The molecule has 0 radical (unpaired) electrons. The SMILES string of the molecule is C[C@H](NC(=O)CNC(=O)[C@H](Cc1c[nH]c2ccccc12)NC(=O)CNC(=O)CN)C(=O)NCC(=O)NCC(=O)N[C@@H](CCC(N)=O)C(=O)N[C@@H](CCCN=C(N)N)C(=O)O. The van der Waals surface area contributed by atoms with Crippen LogP contribution in [0.3, 0.4) is 0 Å². The highest BCUT2D eigenvalue weighted by Gasteiger charge is 2.28. The number of hydrogen-bond acceptors (Lipinski definition) is 12. The number of nitrogens with two attached hydrogens (primary N) is 4. The maximum atomic E-state index is 13.2. The lowest BCUT2D eigenvalue weighted by Gasteiger charge is -2.21. The van der Waals surface area contributed by atoms with Gasteiger partial charge in [0.1, 0.15) is 24.2 Å². The molecule has 1 aromatic heterocycles. The van der Waals surface area contributed by atoms with Crippen LogP contribution in [0, 0.1) is 0 Å². The fourth-order valence-corrected chi connectivity index (χ4v) is 5.27. The monoisotopic (exact) mass is 844 g/mol. The van der Waals surface area contributed by atoms with E-state index in [4.69, 9.17) is 22.9 Å². The summed E-state index contributed by atoms with van der Waals surface area (Å²) in [5, 5.41) is 28.9. The van der Waals surface area contributed by atoms with E-state index in [1.54, 1.807) is 12.3 Å². The van der Waals surface area contributed by atoms with E-state index in [0.717, 1.165) is 10.9 Å². The topological polar surface area (TPSA) is 419 Å². The molecule has 18 N–H and O–H groups in total. The number of benzene rings is 1. The number of guanidine groups is 1. The number of H-pyrrole nitrogens is 1. The van der Waals surface area contributed by atoms with Crippen LogP contribution in [0.5, 0.6) is 0 Å². The van der Waals surface area contributed by atoms with E-state index >= 15 is 0 Å². The molecule has 0 bridgehead atoms. The van der Waals surface area contributed by atoms with Crippen molar-refractivity contribution in [3.8, 4) is 0 Å². The average molecular weight is 845 g/mol. The maximum Gasteiger partial charge on any atom is 0.326 e. The minimum atomic E-state index is -1.41. The second-order valence-corrected chi connectivity index (χ2v) is 13.1. The number of aliphatic imine (C=N–C) groups is 1. The minimum absolute atomic E-state index is 0.0125. The van der Waals surface area contributed by atoms with Crippen molar-refractivity contribution < 1.29 is 53.1 Å². The Morgan fingerprint density at radius 3 is 1.90 bits per heavy atom. The fraction of sp³-hybridized carbons (Fsp3) is 0.457. The first kappa shape index (κ1) is 48.8. The molecule has 2 rings (SSSR count). The second-order valence-electron chi connectivity index (χ2n) is 13.1. The van der Waals surface area contributed by atoms with Gasteiger partial charge in [-0.3, -0.25) is 48.1 Å². The number of hydrogen-bond donors (Lipinski definition) is 14. The van der Waals surface area contributed by atoms with Gasteiger partial charge in [-0.2, -0.15) is 0 Å². The lowest BCUT2D eigenvalue weighted by molar-refractivity contribution is -0.142. The molecule has 60 heavy (non-hydrogen) atoms. The Morgan fingerprint density at radius 1 is 0.683 bits per heavy atom. The Bertz CT molecular complexity index is 1910. The predicted molar refractivity (Wildman–Crippen MR) is 212 cm³/mol. The molecule has 25 heteroatoms. The first-order chi connectivity index (χ1) is 28.4. The third-order valence-electron chi connectivity index (χ3n) is 8.34. The van der Waals surface area contributed by atoms with Crippen LogP contribution in [0.4, 0.5) is 0 Å². The first-order valence-electron chi connectivity index (χ1n) is 18.5. The number of nitrogens with zero attached hydrogens (tertiary/aromatic N) is 1. The standard InChI is InChI=1S/C35H52N14O11/c1-18(46-28(53)17-45-32(57)24(48-30(55)15-42-26(51)12-36)11-19-13-41-21-6-3-2-5-20(19)21)31(56)44-14-27(52)43-16-29(54)47-22(8-9-25(37)50)33(58)49-23(34(59)60)7-4-10-40-35(38)39/h2-3,5-6,13,18,22-24,41H,4,7-12,14-17,36H2,1H3,(H2,37,50)(H,42,51)(H,43,52)(H,44,56)(H,45,57)(H,46,53)(H,47,54)(H,48,55)(H,49,58)(H,59,60)(H4,38,39,40)/t18-,22-,23-,24-/m0/s1. The summed E-state index contributed by atoms with van der Waals surface area (Å²) in [6.07, 6.45) is 1.18. The molecule has 2 aromatic rings. The van der Waals surface area contributed by atoms with Crippen LogP contribution in [0.1, 0.15) is 38.2 Å². The van der Waals surface area contributed by atoms with E-state index in [1.165, 1.54) is 6.92 Å². The highest BCUT2D eigenvalue weighted by Crippen LogP contribution is 2.19. The van der Waals surface area contributed by atoms with E-state index in [2.05, 4.69) is 52.5 Å². The summed E-state index contributed by atoms with van der Waals surface area (Å²) in [4.78, 5) is 130. The Hall–Kier alpha value is -7.31. The number of aliphatic carboxylic acids is 1. The van der Waals surface area contributed by atoms with Gasteiger partial charge in [-0.15, -0.1) is 0 Å². The van der Waals surface area contributed by atoms with Gasteiger partial charge in [-0.25, -0.2) is 4.79 Å². The van der Waals surface area contributed by atoms with Crippen molar-refractivity contribution in [3.63, 3.8) is 0 Å². The van der Waals surface area contributed by atoms with Gasteiger partial charge >= 0.3 is 5.97 Å². The molecule has 0 spiro atoms. The number of carboxylic acids is 1.